The number of amidine groups is 1. The van der Waals surface area contributed by atoms with Gasteiger partial charge in [0.1, 0.15) is 6.04 Å². The van der Waals surface area contributed by atoms with Crippen molar-refractivity contribution in [1.82, 2.24) is 15.5 Å². The van der Waals surface area contributed by atoms with Gasteiger partial charge in [-0.1, -0.05) is 36.6 Å². The Bertz CT molecular complexity index is 909. The van der Waals surface area contributed by atoms with Gasteiger partial charge in [0, 0.05) is 11.4 Å². The molecule has 33 heavy (non-hydrogen) atoms. The number of ether oxygens (including phenoxy) is 1. The van der Waals surface area contributed by atoms with Crippen molar-refractivity contribution in [3.05, 3.63) is 34.0 Å². The number of carbonyl (C=O) groups excluding carboxylic acids is 3. The number of nitrogens with one attached hydrogen (secondary N) is 2. The fraction of sp³-hybridized carbons (Fsp3) is 0.545. The smallest absolute Gasteiger partial charge is 0.319 e. The van der Waals surface area contributed by atoms with Crippen LogP contribution in [0.5, 0.6) is 0 Å². The monoisotopic (exact) mass is 477 g/mol. The van der Waals surface area contributed by atoms with Crippen LogP contribution in [0.25, 0.3) is 0 Å². The predicted molar refractivity (Wildman–Crippen MR) is 124 cm³/mol. The highest BCUT2D eigenvalue weighted by atomic mass is 32.1. The predicted octanol–water partition coefficient (Wildman–Crippen LogP) is 0.937. The lowest BCUT2D eigenvalue weighted by atomic mass is 9.83. The van der Waals surface area contributed by atoms with Crippen molar-refractivity contribution in [2.75, 3.05) is 20.2 Å². The van der Waals surface area contributed by atoms with Crippen LogP contribution in [-0.2, 0) is 25.7 Å². The van der Waals surface area contributed by atoms with Gasteiger partial charge in [0.25, 0.3) is 0 Å². The van der Waals surface area contributed by atoms with E-state index in [1.807, 2.05) is 6.08 Å². The first-order chi connectivity index (χ1) is 15.9. The Hall–Kier alpha value is -2.92. The summed E-state index contributed by atoms with van der Waals surface area (Å²) in [4.78, 5) is 41.1. The number of hydrogen-bond acceptors (Lipinski definition) is 8. The Morgan fingerprint density at radius 3 is 2.76 bits per heavy atom. The van der Waals surface area contributed by atoms with Gasteiger partial charge in [0.2, 0.25) is 11.8 Å². The van der Waals surface area contributed by atoms with Gasteiger partial charge in [-0.05, 0) is 30.9 Å². The van der Waals surface area contributed by atoms with E-state index >= 15 is 0 Å². The van der Waals surface area contributed by atoms with Gasteiger partial charge in [0.05, 0.1) is 31.1 Å². The fourth-order valence-electron chi connectivity index (χ4n) is 4.28. The van der Waals surface area contributed by atoms with Crippen LogP contribution in [0.15, 0.2) is 29.4 Å². The second-order valence-corrected chi connectivity index (χ2v) is 9.33. The highest BCUT2D eigenvalue weighted by Crippen LogP contribution is 2.28. The third-order valence-electron chi connectivity index (χ3n) is 6.05. The molecule has 2 aliphatic rings. The number of esters is 1. The van der Waals surface area contributed by atoms with Crippen LogP contribution in [0.3, 0.4) is 0 Å². The van der Waals surface area contributed by atoms with Gasteiger partial charge in [-0.3, -0.25) is 19.7 Å². The Morgan fingerprint density at radius 2 is 2.06 bits per heavy atom. The van der Waals surface area contributed by atoms with Crippen LogP contribution >= 0.6 is 11.3 Å². The fourth-order valence-corrected chi connectivity index (χ4v) is 5.13. The molecule has 0 radical (unpaired) electrons. The molecule has 1 aromatic heterocycles. The molecule has 1 fully saturated rings. The topological polar surface area (TPSA) is 146 Å². The third-order valence-corrected chi connectivity index (χ3v) is 7.16. The molecule has 1 unspecified atom stereocenters. The van der Waals surface area contributed by atoms with Gasteiger partial charge in [-0.15, -0.1) is 11.3 Å². The zero-order chi connectivity index (χ0) is 23.8. The van der Waals surface area contributed by atoms with Crippen molar-refractivity contribution >= 4 is 35.0 Å². The van der Waals surface area contributed by atoms with E-state index in [1.165, 1.54) is 18.4 Å². The number of carbonyl (C=O) groups is 3. The highest BCUT2D eigenvalue weighted by molar-refractivity contribution is 7.14. The van der Waals surface area contributed by atoms with Crippen LogP contribution in [0.1, 0.15) is 41.9 Å². The van der Waals surface area contributed by atoms with E-state index in [9.17, 15) is 14.4 Å². The summed E-state index contributed by atoms with van der Waals surface area (Å²) in [7, 11) is 1.31. The van der Waals surface area contributed by atoms with Crippen LogP contribution < -0.4 is 16.4 Å². The van der Waals surface area contributed by atoms with E-state index in [4.69, 9.17) is 15.7 Å². The molecular weight excluding hydrogens is 446 g/mol. The minimum Gasteiger partial charge on any atom is -0.468 e. The van der Waals surface area contributed by atoms with E-state index in [2.05, 4.69) is 15.8 Å². The molecule has 2 atom stereocenters. The van der Waals surface area contributed by atoms with Crippen molar-refractivity contribution in [1.29, 1.82) is 0 Å². The maximum absolute atomic E-state index is 13.5. The van der Waals surface area contributed by atoms with E-state index in [-0.39, 0.29) is 36.7 Å². The number of amides is 2. The molecule has 1 saturated carbocycles. The Balaban J connectivity index is 1.64. The molecule has 1 aliphatic carbocycles. The second-order valence-electron chi connectivity index (χ2n) is 8.17. The minimum absolute atomic E-state index is 0.0151. The molecule has 3 rings (SSSR count). The number of nitrogens with two attached hydrogens (primary N) is 1. The number of thiophene rings is 1. The quantitative estimate of drug-likeness (QED) is 0.103. The van der Waals surface area contributed by atoms with Gasteiger partial charge in [-0.2, -0.15) is 0 Å². The average molecular weight is 478 g/mol. The summed E-state index contributed by atoms with van der Waals surface area (Å²) in [6, 6.07) is 2.25. The molecule has 11 heteroatoms. The molecule has 180 valence electrons. The molecule has 2 amide bonds. The first kappa shape index (κ1) is 24.7. The normalized spacial score (nSPS) is 20.0. The Morgan fingerprint density at radius 1 is 1.30 bits per heavy atom. The molecule has 2 heterocycles. The molecule has 1 aromatic rings. The largest absolute Gasteiger partial charge is 0.468 e. The summed E-state index contributed by atoms with van der Waals surface area (Å²) < 4.78 is 4.72. The van der Waals surface area contributed by atoms with Crippen molar-refractivity contribution in [3.63, 3.8) is 0 Å². The molecule has 1 aliphatic heterocycles. The second kappa shape index (κ2) is 11.8. The van der Waals surface area contributed by atoms with Gasteiger partial charge in [0.15, 0.2) is 5.84 Å². The summed E-state index contributed by atoms with van der Waals surface area (Å²) in [5, 5.41) is 17.7. The summed E-state index contributed by atoms with van der Waals surface area (Å²) in [6.45, 7) is 0.552. The van der Waals surface area contributed by atoms with E-state index in [1.54, 1.807) is 23.1 Å². The van der Waals surface area contributed by atoms with Crippen molar-refractivity contribution in [2.24, 2.45) is 16.8 Å². The lowest BCUT2D eigenvalue weighted by Crippen LogP contribution is -2.56. The Kier molecular flexibility index (Phi) is 8.84. The zero-order valence-electron chi connectivity index (χ0n) is 18.7. The summed E-state index contributed by atoms with van der Waals surface area (Å²) in [6.07, 6.45) is 8.58. The molecule has 5 N–H and O–H groups in total. The van der Waals surface area contributed by atoms with Gasteiger partial charge < -0.3 is 25.9 Å². The standard InChI is InChI=1S/C22H31N5O5S/c1-32-18(28)13-24-19(14-6-3-2-4-7-14)22(30)27-11-5-8-16(27)21(29)25-12-15-9-10-17(33-15)20(23)26-31/h5,8-10,14,16,19,24,31H,2-4,6-7,11-13H2,1H3,(H2,23,26)(H,25,29)/t16?,19-/m0/s1. The number of hydrogen-bond donors (Lipinski definition) is 4. The van der Waals surface area contributed by atoms with Crippen LogP contribution in [0, 0.1) is 5.92 Å². The van der Waals surface area contributed by atoms with Crippen molar-refractivity contribution in [2.45, 2.75) is 50.7 Å². The van der Waals surface area contributed by atoms with Crippen LogP contribution in [-0.4, -0.2) is 66.0 Å². The van der Waals surface area contributed by atoms with E-state index in [0.717, 1.165) is 37.0 Å². The number of methoxy groups -OCH3 is 1. The first-order valence-corrected chi connectivity index (χ1v) is 11.9. The third kappa shape index (κ3) is 6.32. The van der Waals surface area contributed by atoms with Crippen molar-refractivity contribution in [3.8, 4) is 0 Å². The van der Waals surface area contributed by atoms with Gasteiger partial charge >= 0.3 is 5.97 Å². The van der Waals surface area contributed by atoms with E-state index in [0.29, 0.717) is 11.4 Å². The zero-order valence-corrected chi connectivity index (χ0v) is 19.5. The number of oxime groups is 1. The van der Waals surface area contributed by atoms with E-state index < -0.39 is 18.1 Å². The molecule has 0 aromatic carbocycles. The molecule has 0 bridgehead atoms. The highest BCUT2D eigenvalue weighted by Gasteiger charge is 2.38. The number of rotatable bonds is 9. The summed E-state index contributed by atoms with van der Waals surface area (Å²) >= 11 is 1.31. The lowest BCUT2D eigenvalue weighted by Gasteiger charge is -2.34. The van der Waals surface area contributed by atoms with Gasteiger partial charge in [-0.25, -0.2) is 0 Å². The van der Waals surface area contributed by atoms with Crippen LogP contribution in [0.4, 0.5) is 0 Å². The molecule has 0 spiro atoms. The number of nitrogens with zero attached hydrogens (tertiary/aromatic N) is 2. The summed E-state index contributed by atoms with van der Waals surface area (Å²) in [5.41, 5.74) is 5.59. The van der Waals surface area contributed by atoms with Crippen LogP contribution in [0.2, 0.25) is 0 Å². The minimum atomic E-state index is -0.716. The average Bonchev–Trinajstić information content (AvgIpc) is 3.52. The summed E-state index contributed by atoms with van der Waals surface area (Å²) in [5.74, 6) is -0.767. The molecule has 10 nitrogen and oxygen atoms in total. The maximum Gasteiger partial charge on any atom is 0.319 e. The SMILES string of the molecule is COC(=O)CN[C@H](C(=O)N1CC=CC1C(=O)NCc1ccc(/C(N)=N/O)s1)C1CCCCC1. The lowest BCUT2D eigenvalue weighted by molar-refractivity contribution is -0.142. The Labute approximate surface area is 196 Å². The van der Waals surface area contributed by atoms with Crippen molar-refractivity contribution < 1.29 is 24.3 Å². The maximum atomic E-state index is 13.5. The molecular formula is C22H31N5O5S. The molecule has 0 saturated heterocycles. The first-order valence-electron chi connectivity index (χ1n) is 11.1.